The van der Waals surface area contributed by atoms with Crippen molar-refractivity contribution >= 4 is 35.6 Å². The molecule has 1 aromatic rings. The number of nitrogens with two attached hydrogens (primary N) is 1. The number of hydrogen-bond donors (Lipinski definition) is 2. The topological polar surface area (TPSA) is 50.4 Å². The summed E-state index contributed by atoms with van der Waals surface area (Å²) in [6.07, 6.45) is 8.00. The van der Waals surface area contributed by atoms with E-state index in [4.69, 9.17) is 5.73 Å². The smallest absolute Gasteiger partial charge is 0.193 e. The third-order valence-corrected chi connectivity index (χ3v) is 2.94. The number of allylic oxidation sites excluding steroid dienone is 2. The molecular weight excluding hydrogens is 337 g/mol. The Labute approximate surface area is 126 Å². The van der Waals surface area contributed by atoms with Gasteiger partial charge in [-0.25, -0.2) is 0 Å². The van der Waals surface area contributed by atoms with Crippen LogP contribution in [0.1, 0.15) is 19.3 Å². The average Bonchev–Trinajstić information content (AvgIpc) is 2.39. The zero-order valence-electron chi connectivity index (χ0n) is 10.4. The number of aliphatic imine (C=N–C) groups is 1. The Kier molecular flexibility index (Phi) is 6.78. The number of rotatable bonds is 3. The third kappa shape index (κ3) is 5.08. The van der Waals surface area contributed by atoms with E-state index < -0.39 is 0 Å². The molecule has 3 N–H and O–H groups in total. The molecule has 4 heteroatoms. The molecule has 0 radical (unpaired) electrons. The maximum atomic E-state index is 5.84. The number of benzene rings is 1. The van der Waals surface area contributed by atoms with Gasteiger partial charge in [0.15, 0.2) is 5.96 Å². The fourth-order valence-corrected chi connectivity index (χ4v) is 1.96. The van der Waals surface area contributed by atoms with E-state index in [2.05, 4.69) is 22.5 Å². The van der Waals surface area contributed by atoms with Gasteiger partial charge in [0.2, 0.25) is 0 Å². The molecule has 1 unspecified atom stereocenters. The van der Waals surface area contributed by atoms with Crippen LogP contribution in [0.5, 0.6) is 0 Å². The minimum atomic E-state index is 0. The highest BCUT2D eigenvalue weighted by atomic mass is 127. The molecule has 0 fully saturated rings. The molecule has 98 valence electrons. The normalized spacial score (nSPS) is 19.1. The van der Waals surface area contributed by atoms with Gasteiger partial charge in [-0.05, 0) is 37.3 Å². The molecule has 0 spiro atoms. The molecular formula is C14H20IN3. The van der Waals surface area contributed by atoms with Gasteiger partial charge in [-0.15, -0.1) is 24.0 Å². The van der Waals surface area contributed by atoms with Gasteiger partial charge < -0.3 is 11.1 Å². The van der Waals surface area contributed by atoms with E-state index in [1.165, 1.54) is 12.8 Å². The van der Waals surface area contributed by atoms with Crippen molar-refractivity contribution in [3.05, 3.63) is 42.5 Å². The van der Waals surface area contributed by atoms with E-state index >= 15 is 0 Å². The second kappa shape index (κ2) is 8.13. The zero-order valence-corrected chi connectivity index (χ0v) is 12.7. The molecule has 0 saturated heterocycles. The van der Waals surface area contributed by atoms with Gasteiger partial charge >= 0.3 is 0 Å². The molecule has 0 bridgehead atoms. The van der Waals surface area contributed by atoms with Gasteiger partial charge in [-0.3, -0.25) is 4.99 Å². The molecule has 2 rings (SSSR count). The summed E-state index contributed by atoms with van der Waals surface area (Å²) < 4.78 is 0. The molecule has 1 aliphatic rings. The number of para-hydroxylation sites is 1. The number of nitrogens with one attached hydrogen (secondary N) is 1. The first kappa shape index (κ1) is 15.0. The SMILES string of the molecule is I.NC(=NCC1CC=CCC1)Nc1ccccc1. The monoisotopic (exact) mass is 357 g/mol. The van der Waals surface area contributed by atoms with Crippen LogP contribution in [-0.4, -0.2) is 12.5 Å². The Morgan fingerprint density at radius 2 is 2.06 bits per heavy atom. The van der Waals surface area contributed by atoms with Gasteiger partial charge in [0.25, 0.3) is 0 Å². The first-order valence-corrected chi connectivity index (χ1v) is 6.11. The van der Waals surface area contributed by atoms with E-state index in [-0.39, 0.29) is 24.0 Å². The second-order valence-corrected chi connectivity index (χ2v) is 4.37. The van der Waals surface area contributed by atoms with Crippen LogP contribution >= 0.6 is 24.0 Å². The summed E-state index contributed by atoms with van der Waals surface area (Å²) >= 11 is 0. The van der Waals surface area contributed by atoms with E-state index in [1.807, 2.05) is 30.3 Å². The summed E-state index contributed by atoms with van der Waals surface area (Å²) in [5, 5.41) is 3.09. The largest absolute Gasteiger partial charge is 0.370 e. The fourth-order valence-electron chi connectivity index (χ4n) is 1.96. The molecule has 1 atom stereocenters. The van der Waals surface area contributed by atoms with Crippen LogP contribution in [0.15, 0.2) is 47.5 Å². The van der Waals surface area contributed by atoms with Crippen molar-refractivity contribution in [1.82, 2.24) is 0 Å². The number of halogens is 1. The van der Waals surface area contributed by atoms with Crippen LogP contribution in [0.25, 0.3) is 0 Å². The Hall–Kier alpha value is -1.04. The summed E-state index contributed by atoms with van der Waals surface area (Å²) in [7, 11) is 0. The van der Waals surface area contributed by atoms with Crippen LogP contribution in [0, 0.1) is 5.92 Å². The van der Waals surface area contributed by atoms with E-state index in [0.717, 1.165) is 18.7 Å². The van der Waals surface area contributed by atoms with Crippen LogP contribution in [0.2, 0.25) is 0 Å². The molecule has 0 aliphatic heterocycles. The van der Waals surface area contributed by atoms with E-state index in [0.29, 0.717) is 11.9 Å². The molecule has 1 aromatic carbocycles. The van der Waals surface area contributed by atoms with Gasteiger partial charge in [0.1, 0.15) is 0 Å². The molecule has 18 heavy (non-hydrogen) atoms. The highest BCUT2D eigenvalue weighted by Crippen LogP contribution is 2.18. The van der Waals surface area contributed by atoms with Crippen LogP contribution in [0.3, 0.4) is 0 Å². The van der Waals surface area contributed by atoms with Crippen molar-refractivity contribution in [2.24, 2.45) is 16.6 Å². The van der Waals surface area contributed by atoms with Gasteiger partial charge in [-0.1, -0.05) is 30.4 Å². The van der Waals surface area contributed by atoms with Crippen molar-refractivity contribution in [3.63, 3.8) is 0 Å². The first-order valence-electron chi connectivity index (χ1n) is 6.11. The fraction of sp³-hybridized carbons (Fsp3) is 0.357. The van der Waals surface area contributed by atoms with E-state index in [9.17, 15) is 0 Å². The van der Waals surface area contributed by atoms with Crippen LogP contribution in [-0.2, 0) is 0 Å². The lowest BCUT2D eigenvalue weighted by atomic mass is 9.95. The van der Waals surface area contributed by atoms with Crippen molar-refractivity contribution in [1.29, 1.82) is 0 Å². The number of nitrogens with zero attached hydrogens (tertiary/aromatic N) is 1. The summed E-state index contributed by atoms with van der Waals surface area (Å²) in [4.78, 5) is 4.39. The number of guanidine groups is 1. The summed E-state index contributed by atoms with van der Waals surface area (Å²) in [6, 6.07) is 9.88. The Morgan fingerprint density at radius 1 is 1.28 bits per heavy atom. The van der Waals surface area contributed by atoms with Gasteiger partial charge in [-0.2, -0.15) is 0 Å². The minimum absolute atomic E-state index is 0. The van der Waals surface area contributed by atoms with Crippen molar-refractivity contribution in [2.75, 3.05) is 11.9 Å². The maximum Gasteiger partial charge on any atom is 0.193 e. The summed E-state index contributed by atoms with van der Waals surface area (Å²) in [5.74, 6) is 1.15. The molecule has 3 nitrogen and oxygen atoms in total. The Balaban J connectivity index is 0.00000162. The first-order chi connectivity index (χ1) is 8.34. The standard InChI is InChI=1S/C14H19N3.HI/c15-14(17-13-9-5-2-6-10-13)16-11-12-7-3-1-4-8-12;/h1-3,5-6,9-10,12H,4,7-8,11H2,(H3,15,16,17);1H. The predicted molar refractivity (Wildman–Crippen MR) is 88.5 cm³/mol. The average molecular weight is 357 g/mol. The van der Waals surface area contributed by atoms with E-state index in [1.54, 1.807) is 0 Å². The van der Waals surface area contributed by atoms with Crippen molar-refractivity contribution in [3.8, 4) is 0 Å². The van der Waals surface area contributed by atoms with Gasteiger partial charge in [0, 0.05) is 12.2 Å². The second-order valence-electron chi connectivity index (χ2n) is 4.37. The Morgan fingerprint density at radius 3 is 2.72 bits per heavy atom. The summed E-state index contributed by atoms with van der Waals surface area (Å²) in [6.45, 7) is 0.815. The van der Waals surface area contributed by atoms with Crippen molar-refractivity contribution < 1.29 is 0 Å². The zero-order chi connectivity index (χ0) is 11.9. The lowest BCUT2D eigenvalue weighted by Gasteiger charge is -2.15. The lowest BCUT2D eigenvalue weighted by Crippen LogP contribution is -2.24. The minimum Gasteiger partial charge on any atom is -0.370 e. The highest BCUT2D eigenvalue weighted by Gasteiger charge is 2.08. The molecule has 0 aromatic heterocycles. The maximum absolute atomic E-state index is 5.84. The van der Waals surface area contributed by atoms with Crippen LogP contribution < -0.4 is 11.1 Å². The van der Waals surface area contributed by atoms with Crippen molar-refractivity contribution in [2.45, 2.75) is 19.3 Å². The molecule has 0 amide bonds. The summed E-state index contributed by atoms with van der Waals surface area (Å²) in [5.41, 5.74) is 6.83. The molecule has 0 saturated carbocycles. The quantitative estimate of drug-likeness (QED) is 0.377. The lowest BCUT2D eigenvalue weighted by molar-refractivity contribution is 0.492. The molecule has 1 aliphatic carbocycles. The molecule has 0 heterocycles. The predicted octanol–water partition coefficient (Wildman–Crippen LogP) is 3.39. The number of hydrogen-bond acceptors (Lipinski definition) is 1. The third-order valence-electron chi connectivity index (χ3n) is 2.94. The van der Waals surface area contributed by atoms with Gasteiger partial charge in [0.05, 0.1) is 0 Å². The Bertz CT molecular complexity index is 401. The van der Waals surface area contributed by atoms with Crippen LogP contribution in [0.4, 0.5) is 5.69 Å². The highest BCUT2D eigenvalue weighted by molar-refractivity contribution is 14.0. The number of anilines is 1.